The molecule has 1 amide bonds. The van der Waals surface area contributed by atoms with Crippen LogP contribution in [0.4, 0.5) is 4.79 Å². The molecule has 4 rings (SSSR count). The van der Waals surface area contributed by atoms with Crippen molar-refractivity contribution in [3.63, 3.8) is 0 Å². The Bertz CT molecular complexity index is 1280. The number of nitrogens with zero attached hydrogens (tertiary/aromatic N) is 1. The molecule has 262 valence electrons. The minimum atomic E-state index is -0.765. The van der Waals surface area contributed by atoms with Gasteiger partial charge in [0, 0.05) is 33.0 Å². The number of nitrogens with one attached hydrogen (secondary N) is 1. The number of aliphatic hydroxyl groups is 1. The van der Waals surface area contributed by atoms with Crippen molar-refractivity contribution in [2.45, 2.75) is 103 Å². The van der Waals surface area contributed by atoms with Crippen LogP contribution in [0.1, 0.15) is 84.3 Å². The fourth-order valence-electron chi connectivity index (χ4n) is 5.53. The van der Waals surface area contributed by atoms with Gasteiger partial charge in [0.1, 0.15) is 53.1 Å². The van der Waals surface area contributed by atoms with Gasteiger partial charge in [0.05, 0.1) is 13.1 Å². The molecule has 0 aliphatic carbocycles. The summed E-state index contributed by atoms with van der Waals surface area (Å²) in [5.41, 5.74) is 1.66. The van der Waals surface area contributed by atoms with Gasteiger partial charge in [-0.15, -0.1) is 12.4 Å². The largest absolute Gasteiger partial charge is 0.486 e. The molecule has 2 heterocycles. The Morgan fingerprint density at radius 2 is 1.26 bits per heavy atom. The molecule has 0 radical (unpaired) electrons. The molecule has 2 aliphatic heterocycles. The number of hydrogen-bond donors (Lipinski definition) is 2. The van der Waals surface area contributed by atoms with Crippen LogP contribution in [0.2, 0.25) is 0 Å². The summed E-state index contributed by atoms with van der Waals surface area (Å²) < 4.78 is 22.5. The third-order valence-corrected chi connectivity index (χ3v) is 7.96. The summed E-state index contributed by atoms with van der Waals surface area (Å²) in [5.74, 6) is 2.26. The van der Waals surface area contributed by atoms with Gasteiger partial charge in [-0.2, -0.15) is 0 Å². The highest BCUT2D eigenvalue weighted by Gasteiger charge is 2.37. The summed E-state index contributed by atoms with van der Waals surface area (Å²) in [7, 11) is 1.71. The van der Waals surface area contributed by atoms with Crippen molar-refractivity contribution in [2.75, 3.05) is 33.3 Å². The first kappa shape index (κ1) is 40.0. The zero-order chi connectivity index (χ0) is 34.0. The third kappa shape index (κ3) is 13.1. The van der Waals surface area contributed by atoms with E-state index >= 15 is 0 Å². The number of ether oxygens (including phenoxy) is 4. The number of amides is 1. The number of benzene rings is 2. The van der Waals surface area contributed by atoms with E-state index in [0.29, 0.717) is 18.6 Å². The van der Waals surface area contributed by atoms with Crippen LogP contribution in [-0.4, -0.2) is 91.0 Å². The third-order valence-electron chi connectivity index (χ3n) is 7.96. The van der Waals surface area contributed by atoms with Crippen molar-refractivity contribution >= 4 is 30.1 Å². The van der Waals surface area contributed by atoms with Crippen LogP contribution >= 0.6 is 12.4 Å². The van der Waals surface area contributed by atoms with Crippen LogP contribution in [0.5, 0.6) is 11.5 Å². The Morgan fingerprint density at radius 1 is 0.809 bits per heavy atom. The SMILES string of the molecule is CC(=O)C[C@@H](C)c1ccc(OC2CN(C(=O)OC(C)(C)C)C[C@@H]2O)cc1.CO[C@H]1CNCC1Oc1ccc([C@H](C)CC(C)=O)cc1.Cl. The molecule has 2 fully saturated rings. The summed E-state index contributed by atoms with van der Waals surface area (Å²) >= 11 is 0. The van der Waals surface area contributed by atoms with Crippen molar-refractivity contribution in [3.05, 3.63) is 59.7 Å². The highest BCUT2D eigenvalue weighted by atomic mass is 35.5. The van der Waals surface area contributed by atoms with Crippen molar-refractivity contribution in [3.8, 4) is 11.5 Å². The standard InChI is InChI=1S/C20H29NO5.C16H23NO3.ClH/c1-13(10-14(2)22)15-6-8-16(9-7-15)25-18-12-21(11-17(18)23)19(24)26-20(3,4)5;1-11(8-12(2)18)13-4-6-14(7-5-13)20-16-10-17-9-15(16)19-3;/h6-9,13,17-18,23H,10-12H2,1-5H3;4-7,11,15-17H,8-10H2,1-3H3;1H/t13-,17+,18?;11-,15+,16?;/m11./s1. The molecule has 0 aromatic heterocycles. The topological polar surface area (TPSA) is 124 Å². The number of ketones is 2. The van der Waals surface area contributed by atoms with Crippen LogP contribution in [0.15, 0.2) is 48.5 Å². The predicted octanol–water partition coefficient (Wildman–Crippen LogP) is 5.68. The lowest BCUT2D eigenvalue weighted by atomic mass is 9.96. The van der Waals surface area contributed by atoms with Gasteiger partial charge in [-0.05, 0) is 81.8 Å². The number of β-amino-alcohol motifs (C(OH)–C–C–N with tert-alkyl or cyclic N) is 1. The molecule has 2 N–H and O–H groups in total. The maximum atomic E-state index is 12.1. The summed E-state index contributed by atoms with van der Waals surface area (Å²) in [6.45, 7) is 14.8. The Balaban J connectivity index is 0.000000330. The van der Waals surface area contributed by atoms with Gasteiger partial charge in [-0.25, -0.2) is 4.79 Å². The second-order valence-electron chi connectivity index (χ2n) is 13.5. The molecule has 0 spiro atoms. The molecule has 2 saturated heterocycles. The van der Waals surface area contributed by atoms with Crippen molar-refractivity contribution < 1.29 is 38.4 Å². The maximum absolute atomic E-state index is 12.1. The monoisotopic (exact) mass is 676 g/mol. The van der Waals surface area contributed by atoms with Gasteiger partial charge in [0.25, 0.3) is 0 Å². The Kier molecular flexibility index (Phi) is 15.6. The fraction of sp³-hybridized carbons (Fsp3) is 0.583. The average molecular weight is 677 g/mol. The smallest absolute Gasteiger partial charge is 0.410 e. The Labute approximate surface area is 285 Å². The van der Waals surface area contributed by atoms with E-state index in [9.17, 15) is 19.5 Å². The van der Waals surface area contributed by atoms with E-state index in [1.807, 2.05) is 55.5 Å². The van der Waals surface area contributed by atoms with E-state index in [-0.39, 0.29) is 61.1 Å². The van der Waals surface area contributed by atoms with Crippen LogP contribution in [0, 0.1) is 0 Å². The average Bonchev–Trinajstić information content (AvgIpc) is 3.58. The minimum Gasteiger partial charge on any atom is -0.486 e. The molecule has 2 aromatic rings. The van der Waals surface area contributed by atoms with Crippen LogP contribution < -0.4 is 14.8 Å². The number of halogens is 1. The maximum Gasteiger partial charge on any atom is 0.410 e. The highest BCUT2D eigenvalue weighted by Crippen LogP contribution is 2.26. The quantitative estimate of drug-likeness (QED) is 0.309. The number of Topliss-reactive ketones (excluding diaryl/α,β-unsaturated/α-hetero) is 2. The zero-order valence-electron chi connectivity index (χ0n) is 29.0. The molecule has 2 aliphatic rings. The molecule has 11 heteroatoms. The highest BCUT2D eigenvalue weighted by molar-refractivity contribution is 5.85. The molecular formula is C36H53ClN2O8. The molecular weight excluding hydrogens is 624 g/mol. The molecule has 10 nitrogen and oxygen atoms in total. The van der Waals surface area contributed by atoms with E-state index in [1.54, 1.807) is 41.7 Å². The van der Waals surface area contributed by atoms with Gasteiger partial charge in [0.15, 0.2) is 0 Å². The number of rotatable bonds is 11. The van der Waals surface area contributed by atoms with Crippen molar-refractivity contribution in [1.82, 2.24) is 10.2 Å². The first-order valence-corrected chi connectivity index (χ1v) is 16.1. The molecule has 47 heavy (non-hydrogen) atoms. The normalized spacial score (nSPS) is 21.9. The van der Waals surface area contributed by atoms with E-state index in [0.717, 1.165) is 24.4 Å². The Hall–Kier alpha value is -3.18. The number of methoxy groups -OCH3 is 1. The summed E-state index contributed by atoms with van der Waals surface area (Å²) in [6, 6.07) is 15.5. The lowest BCUT2D eigenvalue weighted by Gasteiger charge is -2.24. The lowest BCUT2D eigenvalue weighted by molar-refractivity contribution is -0.118. The van der Waals surface area contributed by atoms with Crippen molar-refractivity contribution in [1.29, 1.82) is 0 Å². The van der Waals surface area contributed by atoms with E-state index < -0.39 is 23.9 Å². The van der Waals surface area contributed by atoms with Crippen LogP contribution in [0.25, 0.3) is 0 Å². The Morgan fingerprint density at radius 3 is 1.68 bits per heavy atom. The molecule has 0 bridgehead atoms. The number of likely N-dealkylation sites (tertiary alicyclic amines) is 1. The number of aliphatic hydroxyl groups excluding tert-OH is 1. The molecule has 2 unspecified atom stereocenters. The minimum absolute atomic E-state index is 0. The first-order chi connectivity index (χ1) is 21.6. The molecule has 0 saturated carbocycles. The van der Waals surface area contributed by atoms with Gasteiger partial charge >= 0.3 is 6.09 Å². The lowest BCUT2D eigenvalue weighted by Crippen LogP contribution is -2.36. The van der Waals surface area contributed by atoms with Crippen LogP contribution in [0.3, 0.4) is 0 Å². The predicted molar refractivity (Wildman–Crippen MR) is 184 cm³/mol. The summed E-state index contributed by atoms with van der Waals surface area (Å²) in [5, 5.41) is 13.5. The summed E-state index contributed by atoms with van der Waals surface area (Å²) in [6.07, 6.45) is -0.463. The van der Waals surface area contributed by atoms with Crippen molar-refractivity contribution in [2.24, 2.45) is 0 Å². The van der Waals surface area contributed by atoms with Crippen LogP contribution in [-0.2, 0) is 19.1 Å². The summed E-state index contributed by atoms with van der Waals surface area (Å²) in [4.78, 5) is 36.0. The van der Waals surface area contributed by atoms with E-state index in [2.05, 4.69) is 12.2 Å². The second kappa shape index (κ2) is 18.4. The zero-order valence-corrected chi connectivity index (χ0v) is 29.8. The number of hydrogen-bond acceptors (Lipinski definition) is 9. The van der Waals surface area contributed by atoms with Gasteiger partial charge in [-0.3, -0.25) is 0 Å². The first-order valence-electron chi connectivity index (χ1n) is 16.1. The number of carbonyl (C=O) groups is 3. The van der Waals surface area contributed by atoms with Gasteiger partial charge in [-0.1, -0.05) is 38.1 Å². The van der Waals surface area contributed by atoms with E-state index in [4.69, 9.17) is 18.9 Å². The number of carbonyl (C=O) groups excluding carboxylic acids is 3. The van der Waals surface area contributed by atoms with Gasteiger partial charge in [0.2, 0.25) is 0 Å². The molecule has 2 aromatic carbocycles. The fourth-order valence-corrected chi connectivity index (χ4v) is 5.53. The second-order valence-corrected chi connectivity index (χ2v) is 13.5. The van der Waals surface area contributed by atoms with E-state index in [1.165, 1.54) is 10.5 Å². The molecule has 6 atom stereocenters. The van der Waals surface area contributed by atoms with Gasteiger partial charge < -0.3 is 43.9 Å².